The van der Waals surface area contributed by atoms with Gasteiger partial charge < -0.3 is 14.6 Å². The highest BCUT2D eigenvalue weighted by molar-refractivity contribution is 6.11. The summed E-state index contributed by atoms with van der Waals surface area (Å²) in [5.74, 6) is 0.0781. The largest absolute Gasteiger partial charge is 0.466 e. The highest BCUT2D eigenvalue weighted by Gasteiger charge is 2.35. The number of esters is 1. The minimum Gasteiger partial charge on any atom is -0.466 e. The van der Waals surface area contributed by atoms with Crippen LogP contribution in [0.5, 0.6) is 0 Å². The molecule has 1 aliphatic heterocycles. The number of hydrogen-bond acceptors (Lipinski definition) is 3. The maximum atomic E-state index is 13.2. The highest BCUT2D eigenvalue weighted by Crippen LogP contribution is 2.24. The molecule has 2 heterocycles. The number of hydrogen-bond donors (Lipinski definition) is 2. The third-order valence-corrected chi connectivity index (χ3v) is 5.64. The standard InChI is InChI=1S/C21H28N2O3/c1-5-26-21(25)16-8-10-23(11-9-16)15(4)20(24)19-14(3)22-18-12-13(2)6-7-17(18)19/h6-7,12,15-16,22H,5,8-11H2,1-4H3/p+1/t15-/m1/s1. The van der Waals surface area contributed by atoms with Gasteiger partial charge in [-0.1, -0.05) is 12.1 Å². The van der Waals surface area contributed by atoms with Crippen molar-refractivity contribution in [3.05, 3.63) is 35.0 Å². The number of fused-ring (bicyclic) bond motifs is 1. The lowest BCUT2D eigenvalue weighted by atomic mass is 9.94. The van der Waals surface area contributed by atoms with Crippen LogP contribution in [-0.4, -0.2) is 42.5 Å². The van der Waals surface area contributed by atoms with Crippen molar-refractivity contribution < 1.29 is 19.2 Å². The molecule has 5 nitrogen and oxygen atoms in total. The molecule has 1 saturated heterocycles. The van der Waals surface area contributed by atoms with E-state index in [1.54, 1.807) is 0 Å². The molecule has 0 amide bonds. The van der Waals surface area contributed by atoms with E-state index in [1.165, 1.54) is 10.5 Å². The molecule has 26 heavy (non-hydrogen) atoms. The van der Waals surface area contributed by atoms with Crippen molar-refractivity contribution in [3.8, 4) is 0 Å². The van der Waals surface area contributed by atoms with E-state index < -0.39 is 0 Å². The first kappa shape index (κ1) is 18.6. The third kappa shape index (κ3) is 3.54. The van der Waals surface area contributed by atoms with Gasteiger partial charge in [0.2, 0.25) is 5.78 Å². The zero-order chi connectivity index (χ0) is 18.8. The minimum atomic E-state index is -0.114. The number of aromatic nitrogens is 1. The molecule has 0 spiro atoms. The lowest BCUT2D eigenvalue weighted by Gasteiger charge is -2.31. The smallest absolute Gasteiger partial charge is 0.309 e. The van der Waals surface area contributed by atoms with Crippen molar-refractivity contribution in [2.45, 2.75) is 46.6 Å². The van der Waals surface area contributed by atoms with E-state index >= 15 is 0 Å². The summed E-state index contributed by atoms with van der Waals surface area (Å²) in [6, 6.07) is 6.06. The van der Waals surface area contributed by atoms with Crippen LogP contribution in [0.3, 0.4) is 0 Å². The van der Waals surface area contributed by atoms with Crippen molar-refractivity contribution in [1.82, 2.24) is 4.98 Å². The van der Waals surface area contributed by atoms with E-state index in [-0.39, 0.29) is 23.7 Å². The predicted molar refractivity (Wildman–Crippen MR) is 102 cm³/mol. The fourth-order valence-corrected chi connectivity index (χ4v) is 4.08. The van der Waals surface area contributed by atoms with Gasteiger partial charge in [0, 0.05) is 29.4 Å². The fraction of sp³-hybridized carbons (Fsp3) is 0.524. The number of benzene rings is 1. The van der Waals surface area contributed by atoms with Crippen LogP contribution in [0.1, 0.15) is 48.3 Å². The molecule has 2 aromatic rings. The predicted octanol–water partition coefficient (Wildman–Crippen LogP) is 2.21. The van der Waals surface area contributed by atoms with Crippen LogP contribution < -0.4 is 4.90 Å². The van der Waals surface area contributed by atoms with Crippen LogP contribution in [0.4, 0.5) is 0 Å². The number of nitrogens with one attached hydrogen (secondary N) is 2. The molecule has 0 unspecified atom stereocenters. The highest BCUT2D eigenvalue weighted by atomic mass is 16.5. The van der Waals surface area contributed by atoms with Gasteiger partial charge in [0.25, 0.3) is 0 Å². The third-order valence-electron chi connectivity index (χ3n) is 5.64. The first-order chi connectivity index (χ1) is 12.4. The average Bonchev–Trinajstić information content (AvgIpc) is 2.95. The van der Waals surface area contributed by atoms with E-state index in [0.717, 1.165) is 48.1 Å². The molecule has 0 radical (unpaired) electrons. The Balaban J connectivity index is 1.73. The summed E-state index contributed by atoms with van der Waals surface area (Å²) in [6.07, 6.45) is 1.58. The number of rotatable bonds is 5. The van der Waals surface area contributed by atoms with Crippen molar-refractivity contribution >= 4 is 22.7 Å². The van der Waals surface area contributed by atoms with Gasteiger partial charge in [0.1, 0.15) is 6.04 Å². The number of aryl methyl sites for hydroxylation is 2. The Bertz CT molecular complexity index is 816. The SMILES string of the molecule is CCOC(=O)C1CC[NH+]([C@H](C)C(=O)c2c(C)[nH]c3cc(C)ccc23)CC1. The van der Waals surface area contributed by atoms with E-state index in [4.69, 9.17) is 4.74 Å². The molecule has 0 saturated carbocycles. The molecule has 3 rings (SSSR count). The fourth-order valence-electron chi connectivity index (χ4n) is 4.08. The van der Waals surface area contributed by atoms with Crippen molar-refractivity contribution in [3.63, 3.8) is 0 Å². The average molecular weight is 357 g/mol. The molecule has 1 aromatic carbocycles. The van der Waals surface area contributed by atoms with Gasteiger partial charge in [-0.2, -0.15) is 0 Å². The number of carbonyl (C=O) groups excluding carboxylic acids is 2. The van der Waals surface area contributed by atoms with Crippen LogP contribution in [0.15, 0.2) is 18.2 Å². The number of likely N-dealkylation sites (tertiary alicyclic amines) is 1. The maximum absolute atomic E-state index is 13.2. The molecular formula is C21H29N2O3+. The molecule has 0 aliphatic carbocycles. The van der Waals surface area contributed by atoms with Crippen molar-refractivity contribution in [1.29, 1.82) is 0 Å². The zero-order valence-corrected chi connectivity index (χ0v) is 16.1. The maximum Gasteiger partial charge on any atom is 0.309 e. The summed E-state index contributed by atoms with van der Waals surface area (Å²) in [7, 11) is 0. The summed E-state index contributed by atoms with van der Waals surface area (Å²) < 4.78 is 5.14. The summed E-state index contributed by atoms with van der Waals surface area (Å²) in [5, 5.41) is 1.01. The van der Waals surface area contributed by atoms with Crippen molar-refractivity contribution in [2.24, 2.45) is 5.92 Å². The molecule has 0 bridgehead atoms. The van der Waals surface area contributed by atoms with Crippen LogP contribution in [-0.2, 0) is 9.53 Å². The van der Waals surface area contributed by atoms with Gasteiger partial charge in [-0.15, -0.1) is 0 Å². The molecule has 1 aliphatic rings. The number of H-pyrrole nitrogens is 1. The van der Waals surface area contributed by atoms with Gasteiger partial charge in [0.15, 0.2) is 0 Å². The van der Waals surface area contributed by atoms with Gasteiger partial charge in [-0.25, -0.2) is 0 Å². The van der Waals surface area contributed by atoms with Crippen LogP contribution >= 0.6 is 0 Å². The van der Waals surface area contributed by atoms with Crippen molar-refractivity contribution in [2.75, 3.05) is 19.7 Å². The second kappa shape index (κ2) is 7.62. The Morgan fingerprint density at radius 3 is 2.62 bits per heavy atom. The molecular weight excluding hydrogens is 328 g/mol. The molecule has 1 atom stereocenters. The van der Waals surface area contributed by atoms with Crippen LogP contribution in [0.2, 0.25) is 0 Å². The summed E-state index contributed by atoms with van der Waals surface area (Å²) in [4.78, 5) is 29.7. The monoisotopic (exact) mass is 357 g/mol. The van der Waals surface area contributed by atoms with Gasteiger partial charge in [0.05, 0.1) is 31.2 Å². The number of ether oxygens (including phenoxy) is 1. The lowest BCUT2D eigenvalue weighted by Crippen LogP contribution is -3.17. The number of Topliss-reactive ketones (excluding diaryl/α,β-unsaturated/α-hetero) is 1. The van der Waals surface area contributed by atoms with E-state index in [1.807, 2.05) is 26.8 Å². The quantitative estimate of drug-likeness (QED) is 0.637. The molecule has 5 heteroatoms. The summed E-state index contributed by atoms with van der Waals surface area (Å²) >= 11 is 0. The number of aromatic amines is 1. The minimum absolute atomic E-state index is 0.0150. The summed E-state index contributed by atoms with van der Waals surface area (Å²) in [5.41, 5.74) is 3.95. The Kier molecular flexibility index (Phi) is 5.47. The Hall–Kier alpha value is -2.14. The van der Waals surface area contributed by atoms with E-state index in [0.29, 0.717) is 6.61 Å². The second-order valence-corrected chi connectivity index (χ2v) is 7.44. The molecule has 1 fully saturated rings. The van der Waals surface area contributed by atoms with Gasteiger partial charge >= 0.3 is 5.97 Å². The molecule has 1 aromatic heterocycles. The Morgan fingerprint density at radius 2 is 1.96 bits per heavy atom. The zero-order valence-electron chi connectivity index (χ0n) is 16.1. The molecule has 2 N–H and O–H groups in total. The van der Waals surface area contributed by atoms with Crippen LogP contribution in [0, 0.1) is 19.8 Å². The number of piperidine rings is 1. The van der Waals surface area contributed by atoms with Crippen LogP contribution in [0.25, 0.3) is 10.9 Å². The Morgan fingerprint density at radius 1 is 1.27 bits per heavy atom. The van der Waals surface area contributed by atoms with Gasteiger partial charge in [-0.05, 0) is 39.3 Å². The number of ketones is 1. The Labute approximate surface area is 154 Å². The van der Waals surface area contributed by atoms with E-state index in [2.05, 4.69) is 24.0 Å². The lowest BCUT2D eigenvalue weighted by molar-refractivity contribution is -0.919. The van der Waals surface area contributed by atoms with E-state index in [9.17, 15) is 9.59 Å². The number of quaternary nitrogens is 1. The first-order valence-corrected chi connectivity index (χ1v) is 9.56. The summed E-state index contributed by atoms with van der Waals surface area (Å²) in [6.45, 7) is 9.96. The number of carbonyl (C=O) groups is 2. The normalized spacial score (nSPS) is 21.5. The molecule has 140 valence electrons. The van der Waals surface area contributed by atoms with Gasteiger partial charge in [-0.3, -0.25) is 9.59 Å². The first-order valence-electron chi connectivity index (χ1n) is 9.56. The topological polar surface area (TPSA) is 63.6 Å². The second-order valence-electron chi connectivity index (χ2n) is 7.44.